The predicted octanol–water partition coefficient (Wildman–Crippen LogP) is 2.37. The first-order valence-electron chi connectivity index (χ1n) is 8.98. The molecule has 1 atom stereocenters. The number of guanidine groups is 1. The monoisotopic (exact) mass is 387 g/mol. The summed E-state index contributed by atoms with van der Waals surface area (Å²) in [6.07, 6.45) is -0.370. The molecule has 1 aliphatic rings. The van der Waals surface area contributed by atoms with Crippen LogP contribution >= 0.6 is 0 Å². The maximum atomic E-state index is 11.8. The van der Waals surface area contributed by atoms with E-state index in [1.807, 2.05) is 30.3 Å². The summed E-state index contributed by atoms with van der Waals surface area (Å²) in [6, 6.07) is 17.9. The van der Waals surface area contributed by atoms with E-state index in [-0.39, 0.29) is 24.2 Å². The molecule has 3 rings (SSSR count). The molecule has 0 spiro atoms. The molecule has 144 valence electrons. The molecule has 27 heavy (non-hydrogen) atoms. The third-order valence-corrected chi connectivity index (χ3v) is 5.93. The van der Waals surface area contributed by atoms with Gasteiger partial charge in [-0.3, -0.25) is 0 Å². The fraction of sp³-hybridized carbons (Fsp3) is 0.350. The summed E-state index contributed by atoms with van der Waals surface area (Å²) in [5.41, 5.74) is 3.22. The van der Waals surface area contributed by atoms with Gasteiger partial charge in [-0.25, -0.2) is 13.4 Å². The Hall–Kier alpha value is -2.38. The number of benzene rings is 2. The van der Waals surface area contributed by atoms with E-state index in [0.29, 0.717) is 19.0 Å². The molecule has 1 saturated heterocycles. The molecule has 1 heterocycles. The summed E-state index contributed by atoms with van der Waals surface area (Å²) in [5.74, 6) is 0.727. The molecule has 2 N–H and O–H groups in total. The number of rotatable bonds is 5. The number of nitrogens with zero attached hydrogens (tertiary/aromatic N) is 1. The van der Waals surface area contributed by atoms with E-state index in [1.165, 1.54) is 5.56 Å². The lowest BCUT2D eigenvalue weighted by atomic mass is 10.1. The highest BCUT2D eigenvalue weighted by Crippen LogP contribution is 2.09. The Labute approximate surface area is 160 Å². The highest BCUT2D eigenvalue weighted by Gasteiger charge is 2.25. The molecule has 0 saturated carbocycles. The van der Waals surface area contributed by atoms with Crippen LogP contribution < -0.4 is 10.6 Å². The van der Waals surface area contributed by atoms with Crippen LogP contribution in [0.2, 0.25) is 0 Å². The van der Waals surface area contributed by atoms with Gasteiger partial charge in [-0.2, -0.15) is 0 Å². The Morgan fingerprint density at radius 1 is 1.15 bits per heavy atom. The van der Waals surface area contributed by atoms with Crippen LogP contribution in [0.15, 0.2) is 59.6 Å². The van der Waals surface area contributed by atoms with Crippen LogP contribution in [0.25, 0.3) is 0 Å². The average Bonchev–Trinajstić information content (AvgIpc) is 2.65. The van der Waals surface area contributed by atoms with Gasteiger partial charge < -0.3 is 15.4 Å². The van der Waals surface area contributed by atoms with Crippen molar-refractivity contribution in [3.63, 3.8) is 0 Å². The fourth-order valence-corrected chi connectivity index (χ4v) is 4.04. The maximum Gasteiger partial charge on any atom is 0.196 e. The van der Waals surface area contributed by atoms with Gasteiger partial charge >= 0.3 is 0 Å². The first kappa shape index (κ1) is 19.4. The Balaban J connectivity index is 1.67. The van der Waals surface area contributed by atoms with Gasteiger partial charge in [-0.05, 0) is 24.6 Å². The smallest absolute Gasteiger partial charge is 0.196 e. The molecule has 1 aliphatic heterocycles. The molecule has 0 aromatic heterocycles. The van der Waals surface area contributed by atoms with Crippen LogP contribution in [0.3, 0.4) is 0 Å². The molecule has 0 aliphatic carbocycles. The fourth-order valence-electron chi connectivity index (χ4n) is 2.75. The quantitative estimate of drug-likeness (QED) is 0.608. The molecule has 0 bridgehead atoms. The van der Waals surface area contributed by atoms with Crippen LogP contribution in [0, 0.1) is 6.92 Å². The Bertz CT molecular complexity index is 865. The molecule has 1 fully saturated rings. The summed E-state index contributed by atoms with van der Waals surface area (Å²) in [5, 5.41) is 6.46. The lowest BCUT2D eigenvalue weighted by molar-refractivity contribution is 0.0749. The van der Waals surface area contributed by atoms with Gasteiger partial charge in [0.25, 0.3) is 0 Å². The summed E-state index contributed by atoms with van der Waals surface area (Å²) >= 11 is 0. The van der Waals surface area contributed by atoms with Crippen molar-refractivity contribution < 1.29 is 13.2 Å². The highest BCUT2D eigenvalue weighted by molar-refractivity contribution is 7.91. The minimum atomic E-state index is -3.02. The summed E-state index contributed by atoms with van der Waals surface area (Å²) in [6.45, 7) is 3.20. The normalized spacial score (nSPS) is 19.4. The van der Waals surface area contributed by atoms with Gasteiger partial charge in [-0.15, -0.1) is 0 Å². The molecule has 7 heteroatoms. The van der Waals surface area contributed by atoms with Crippen LogP contribution in [0.4, 0.5) is 5.69 Å². The average molecular weight is 388 g/mol. The molecule has 1 unspecified atom stereocenters. The van der Waals surface area contributed by atoms with Crippen molar-refractivity contribution in [2.24, 2.45) is 4.99 Å². The third-order valence-electron chi connectivity index (χ3n) is 4.26. The zero-order valence-electron chi connectivity index (χ0n) is 15.4. The topological polar surface area (TPSA) is 79.8 Å². The predicted molar refractivity (Wildman–Crippen MR) is 109 cm³/mol. The largest absolute Gasteiger partial charge is 0.374 e. The van der Waals surface area contributed by atoms with Crippen molar-refractivity contribution in [2.45, 2.75) is 19.6 Å². The lowest BCUT2D eigenvalue weighted by Gasteiger charge is -2.24. The number of anilines is 1. The molecular formula is C20H25N3O3S. The number of nitrogens with one attached hydrogen (secondary N) is 2. The van der Waals surface area contributed by atoms with Gasteiger partial charge in [0.15, 0.2) is 15.8 Å². The van der Waals surface area contributed by atoms with Gasteiger partial charge in [0.05, 0.1) is 30.8 Å². The Morgan fingerprint density at radius 2 is 1.89 bits per heavy atom. The number of hydrogen-bond acceptors (Lipinski definition) is 4. The zero-order valence-corrected chi connectivity index (χ0v) is 16.2. The number of aryl methyl sites for hydroxylation is 1. The van der Waals surface area contributed by atoms with Gasteiger partial charge in [0.1, 0.15) is 0 Å². The van der Waals surface area contributed by atoms with Crippen LogP contribution in [-0.2, 0) is 21.1 Å². The standard InChI is InChI=1S/C20H25N3O3S/c1-16-7-9-17(10-8-16)13-21-20(23-18-5-3-2-4-6-18)22-14-19-15-27(24,25)12-11-26-19/h2-10,19H,11-15H2,1H3,(H2,21,22,23). The second kappa shape index (κ2) is 9.01. The highest BCUT2D eigenvalue weighted by atomic mass is 32.2. The van der Waals surface area contributed by atoms with Crippen molar-refractivity contribution in [1.29, 1.82) is 0 Å². The first-order chi connectivity index (χ1) is 13.0. The molecule has 0 amide bonds. The number of ether oxygens (including phenoxy) is 1. The second-order valence-corrected chi connectivity index (χ2v) is 8.86. The van der Waals surface area contributed by atoms with E-state index in [4.69, 9.17) is 4.74 Å². The molecule has 0 radical (unpaired) electrons. The van der Waals surface area contributed by atoms with E-state index in [0.717, 1.165) is 11.3 Å². The Morgan fingerprint density at radius 3 is 2.59 bits per heavy atom. The number of para-hydroxylation sites is 1. The van der Waals surface area contributed by atoms with Crippen LogP contribution in [0.5, 0.6) is 0 Å². The summed E-state index contributed by atoms with van der Waals surface area (Å²) in [7, 11) is -3.02. The van der Waals surface area contributed by atoms with Crippen molar-refractivity contribution in [1.82, 2.24) is 5.32 Å². The molecule has 2 aromatic rings. The number of hydrogen-bond donors (Lipinski definition) is 2. The molecule has 6 nitrogen and oxygen atoms in total. The van der Waals surface area contributed by atoms with E-state index in [2.05, 4.69) is 46.8 Å². The van der Waals surface area contributed by atoms with E-state index in [9.17, 15) is 8.42 Å². The van der Waals surface area contributed by atoms with Crippen molar-refractivity contribution in [3.05, 3.63) is 65.7 Å². The lowest BCUT2D eigenvalue weighted by Crippen LogP contribution is -2.44. The minimum Gasteiger partial charge on any atom is -0.374 e. The molecule has 2 aromatic carbocycles. The van der Waals surface area contributed by atoms with Crippen LogP contribution in [-0.4, -0.2) is 45.1 Å². The van der Waals surface area contributed by atoms with Crippen molar-refractivity contribution >= 4 is 21.5 Å². The van der Waals surface area contributed by atoms with E-state index in [1.54, 1.807) is 0 Å². The Kier molecular flexibility index (Phi) is 6.47. The van der Waals surface area contributed by atoms with Gasteiger partial charge in [0.2, 0.25) is 0 Å². The van der Waals surface area contributed by atoms with Crippen molar-refractivity contribution in [2.75, 3.05) is 30.0 Å². The van der Waals surface area contributed by atoms with Crippen molar-refractivity contribution in [3.8, 4) is 0 Å². The third kappa shape index (κ3) is 6.37. The minimum absolute atomic E-state index is 0.0383. The number of aliphatic imine (C=N–C) groups is 1. The maximum absolute atomic E-state index is 11.8. The zero-order chi connectivity index (χ0) is 19.1. The summed E-state index contributed by atoms with van der Waals surface area (Å²) in [4.78, 5) is 4.63. The summed E-state index contributed by atoms with van der Waals surface area (Å²) < 4.78 is 29.1. The van der Waals surface area contributed by atoms with E-state index >= 15 is 0 Å². The van der Waals surface area contributed by atoms with Gasteiger partial charge in [-0.1, -0.05) is 48.0 Å². The van der Waals surface area contributed by atoms with Crippen LogP contribution in [0.1, 0.15) is 11.1 Å². The van der Waals surface area contributed by atoms with Gasteiger partial charge in [0, 0.05) is 12.2 Å². The SMILES string of the molecule is Cc1ccc(CN=C(NCC2CS(=O)(=O)CCO2)Nc2ccccc2)cc1. The molecular weight excluding hydrogens is 362 g/mol. The number of sulfone groups is 1. The second-order valence-electron chi connectivity index (χ2n) is 6.63. The first-order valence-corrected chi connectivity index (χ1v) is 10.8. The van der Waals surface area contributed by atoms with E-state index < -0.39 is 9.84 Å².